The van der Waals surface area contributed by atoms with Gasteiger partial charge in [-0.05, 0) is 18.2 Å². The van der Waals surface area contributed by atoms with Gasteiger partial charge in [0.1, 0.15) is 0 Å². The van der Waals surface area contributed by atoms with Crippen molar-refractivity contribution in [1.29, 1.82) is 0 Å². The standard InChI is InChI=1S/C9H10BrClN2O3S/c1-17(15,16)13-8-3-2-6(4-7(8)11)12-9(14)5-10/h2-4,13H,5H2,1H3,(H,12,14). The molecule has 5 nitrogen and oxygen atoms in total. The number of hydrogen-bond donors (Lipinski definition) is 2. The summed E-state index contributed by atoms with van der Waals surface area (Å²) in [5, 5.41) is 2.96. The van der Waals surface area contributed by atoms with E-state index in [1.165, 1.54) is 12.1 Å². The highest BCUT2D eigenvalue weighted by Gasteiger charge is 2.08. The number of alkyl halides is 1. The molecule has 0 aliphatic heterocycles. The molecule has 8 heteroatoms. The van der Waals surface area contributed by atoms with E-state index < -0.39 is 10.0 Å². The highest BCUT2D eigenvalue weighted by atomic mass is 79.9. The largest absolute Gasteiger partial charge is 0.325 e. The van der Waals surface area contributed by atoms with Crippen LogP contribution in [0.15, 0.2) is 18.2 Å². The zero-order valence-electron chi connectivity index (χ0n) is 8.83. The fourth-order valence-corrected chi connectivity index (χ4v) is 2.07. The summed E-state index contributed by atoms with van der Waals surface area (Å²) >= 11 is 8.88. The van der Waals surface area contributed by atoms with E-state index in [-0.39, 0.29) is 21.9 Å². The van der Waals surface area contributed by atoms with Crippen LogP contribution < -0.4 is 10.0 Å². The first-order valence-corrected chi connectivity index (χ1v) is 7.84. The number of rotatable bonds is 4. The lowest BCUT2D eigenvalue weighted by atomic mass is 10.3. The molecule has 1 aromatic rings. The third-order valence-electron chi connectivity index (χ3n) is 1.67. The first kappa shape index (κ1) is 14.3. The van der Waals surface area contributed by atoms with Crippen LogP contribution in [-0.2, 0) is 14.8 Å². The van der Waals surface area contributed by atoms with Crippen LogP contribution in [-0.4, -0.2) is 25.9 Å². The van der Waals surface area contributed by atoms with Crippen molar-refractivity contribution in [2.75, 3.05) is 21.6 Å². The lowest BCUT2D eigenvalue weighted by Gasteiger charge is -2.08. The third-order valence-corrected chi connectivity index (χ3v) is 3.08. The van der Waals surface area contributed by atoms with E-state index in [0.29, 0.717) is 5.69 Å². The van der Waals surface area contributed by atoms with Gasteiger partial charge in [0.05, 0.1) is 22.3 Å². The molecular formula is C9H10BrClN2O3S. The Labute approximate surface area is 113 Å². The predicted octanol–water partition coefficient (Wildman–Crippen LogP) is 2.04. The summed E-state index contributed by atoms with van der Waals surface area (Å²) < 4.78 is 24.3. The molecule has 0 aliphatic carbocycles. The van der Waals surface area contributed by atoms with Crippen molar-refractivity contribution in [2.24, 2.45) is 0 Å². The van der Waals surface area contributed by atoms with Crippen molar-refractivity contribution in [1.82, 2.24) is 0 Å². The Balaban J connectivity index is 2.90. The number of carbonyl (C=O) groups excluding carboxylic acids is 1. The number of anilines is 2. The Morgan fingerprint density at radius 2 is 2.12 bits per heavy atom. The molecular weight excluding hydrogens is 332 g/mol. The Kier molecular flexibility index (Phi) is 4.79. The molecule has 0 bridgehead atoms. The van der Waals surface area contributed by atoms with Crippen LogP contribution in [0.5, 0.6) is 0 Å². The first-order chi connectivity index (χ1) is 7.81. The van der Waals surface area contributed by atoms with Crippen molar-refractivity contribution < 1.29 is 13.2 Å². The number of halogens is 2. The molecule has 0 atom stereocenters. The molecule has 0 heterocycles. The average Bonchev–Trinajstić information content (AvgIpc) is 2.20. The van der Waals surface area contributed by atoms with Gasteiger partial charge in [0.15, 0.2) is 0 Å². The zero-order valence-corrected chi connectivity index (χ0v) is 12.0. The molecule has 0 saturated heterocycles. The molecule has 0 aliphatic rings. The van der Waals surface area contributed by atoms with Gasteiger partial charge in [-0.25, -0.2) is 8.42 Å². The van der Waals surface area contributed by atoms with E-state index in [9.17, 15) is 13.2 Å². The van der Waals surface area contributed by atoms with Gasteiger partial charge in [0, 0.05) is 5.69 Å². The fourth-order valence-electron chi connectivity index (χ4n) is 1.07. The van der Waals surface area contributed by atoms with Crippen molar-refractivity contribution in [2.45, 2.75) is 0 Å². The Hall–Kier alpha value is -0.790. The summed E-state index contributed by atoms with van der Waals surface area (Å²) in [6, 6.07) is 4.50. The van der Waals surface area contributed by atoms with Crippen molar-refractivity contribution >= 4 is 54.8 Å². The van der Waals surface area contributed by atoms with Crippen molar-refractivity contribution in [3.05, 3.63) is 23.2 Å². The molecule has 0 saturated carbocycles. The summed E-state index contributed by atoms with van der Waals surface area (Å²) in [6.07, 6.45) is 1.03. The van der Waals surface area contributed by atoms with Crippen molar-refractivity contribution in [3.63, 3.8) is 0 Å². The lowest BCUT2D eigenvalue weighted by molar-refractivity contribution is -0.113. The van der Waals surface area contributed by atoms with Crippen LogP contribution in [0.25, 0.3) is 0 Å². The van der Waals surface area contributed by atoms with E-state index in [0.717, 1.165) is 6.26 Å². The molecule has 0 unspecified atom stereocenters. The topological polar surface area (TPSA) is 75.3 Å². The highest BCUT2D eigenvalue weighted by Crippen LogP contribution is 2.26. The molecule has 17 heavy (non-hydrogen) atoms. The second-order valence-corrected chi connectivity index (χ2v) is 5.97. The zero-order chi connectivity index (χ0) is 13.1. The predicted molar refractivity (Wildman–Crippen MR) is 72.3 cm³/mol. The van der Waals surface area contributed by atoms with Gasteiger partial charge in [0.25, 0.3) is 0 Å². The molecule has 2 N–H and O–H groups in total. The van der Waals surface area contributed by atoms with Crippen molar-refractivity contribution in [3.8, 4) is 0 Å². The van der Waals surface area contributed by atoms with Crippen LogP contribution in [0, 0.1) is 0 Å². The fraction of sp³-hybridized carbons (Fsp3) is 0.222. The van der Waals surface area contributed by atoms with Crippen LogP contribution in [0.4, 0.5) is 11.4 Å². The van der Waals surface area contributed by atoms with E-state index >= 15 is 0 Å². The second kappa shape index (κ2) is 5.70. The quantitative estimate of drug-likeness (QED) is 0.823. The first-order valence-electron chi connectivity index (χ1n) is 4.45. The molecule has 1 aromatic carbocycles. The minimum absolute atomic E-state index is 0.175. The van der Waals surface area contributed by atoms with E-state index in [2.05, 4.69) is 26.0 Å². The van der Waals surface area contributed by atoms with Crippen LogP contribution in [0.1, 0.15) is 0 Å². The molecule has 1 rings (SSSR count). The van der Waals surface area contributed by atoms with Gasteiger partial charge in [0.2, 0.25) is 15.9 Å². The monoisotopic (exact) mass is 340 g/mol. The Morgan fingerprint density at radius 3 is 2.59 bits per heavy atom. The SMILES string of the molecule is CS(=O)(=O)Nc1ccc(NC(=O)CBr)cc1Cl. The Morgan fingerprint density at radius 1 is 1.47 bits per heavy atom. The van der Waals surface area contributed by atoms with Crippen LogP contribution in [0.2, 0.25) is 5.02 Å². The van der Waals surface area contributed by atoms with Gasteiger partial charge >= 0.3 is 0 Å². The second-order valence-electron chi connectivity index (χ2n) is 3.25. The number of nitrogens with one attached hydrogen (secondary N) is 2. The van der Waals surface area contributed by atoms with Gasteiger partial charge in [-0.15, -0.1) is 0 Å². The van der Waals surface area contributed by atoms with Gasteiger partial charge in [-0.1, -0.05) is 27.5 Å². The average molecular weight is 342 g/mol. The third kappa shape index (κ3) is 4.93. The summed E-state index contributed by atoms with van der Waals surface area (Å²) in [4.78, 5) is 11.1. The Bertz CT molecular complexity index is 533. The lowest BCUT2D eigenvalue weighted by Crippen LogP contribution is -2.13. The maximum atomic E-state index is 11.1. The number of benzene rings is 1. The minimum atomic E-state index is -3.37. The number of hydrogen-bond acceptors (Lipinski definition) is 3. The molecule has 0 aromatic heterocycles. The molecule has 0 spiro atoms. The number of sulfonamides is 1. The van der Waals surface area contributed by atoms with Gasteiger partial charge in [-0.2, -0.15) is 0 Å². The summed E-state index contributed by atoms with van der Waals surface area (Å²) in [5.41, 5.74) is 0.768. The normalized spacial score (nSPS) is 11.0. The summed E-state index contributed by atoms with van der Waals surface area (Å²) in [6.45, 7) is 0. The molecule has 0 fully saturated rings. The number of amides is 1. The van der Waals surface area contributed by atoms with Crippen LogP contribution >= 0.6 is 27.5 Å². The molecule has 0 radical (unpaired) electrons. The van der Waals surface area contributed by atoms with E-state index in [1.807, 2.05) is 0 Å². The summed E-state index contributed by atoms with van der Waals surface area (Å²) in [5.74, 6) is -0.218. The minimum Gasteiger partial charge on any atom is -0.325 e. The molecule has 1 amide bonds. The highest BCUT2D eigenvalue weighted by molar-refractivity contribution is 9.09. The van der Waals surface area contributed by atoms with Gasteiger partial charge < -0.3 is 5.32 Å². The summed E-state index contributed by atoms with van der Waals surface area (Å²) in [7, 11) is -3.37. The maximum Gasteiger partial charge on any atom is 0.235 e. The van der Waals surface area contributed by atoms with Crippen LogP contribution in [0.3, 0.4) is 0 Å². The molecule has 94 valence electrons. The van der Waals surface area contributed by atoms with E-state index in [4.69, 9.17) is 11.6 Å². The van der Waals surface area contributed by atoms with Gasteiger partial charge in [-0.3, -0.25) is 9.52 Å². The number of carbonyl (C=O) groups is 1. The smallest absolute Gasteiger partial charge is 0.235 e. The van der Waals surface area contributed by atoms with E-state index in [1.54, 1.807) is 6.07 Å². The maximum absolute atomic E-state index is 11.1.